The number of aromatic nitrogens is 3. The number of nitrogens with one attached hydrogen (secondary N) is 1. The van der Waals surface area contributed by atoms with Gasteiger partial charge in [-0.3, -0.25) is 4.90 Å². The first kappa shape index (κ1) is 23.4. The van der Waals surface area contributed by atoms with Gasteiger partial charge in [-0.15, -0.1) is 11.3 Å². The Balaban J connectivity index is 1.44. The second-order valence-corrected chi connectivity index (χ2v) is 11.6. The summed E-state index contributed by atoms with van der Waals surface area (Å²) in [5.74, 6) is 2.40. The number of sulfonamides is 1. The Labute approximate surface area is 203 Å². The molecule has 0 saturated carbocycles. The van der Waals surface area contributed by atoms with Crippen LogP contribution in [0, 0.1) is 0 Å². The number of anilines is 2. The second-order valence-electron chi connectivity index (χ2n) is 8.52. The molecule has 3 aromatic rings. The molecule has 0 bridgehead atoms. The van der Waals surface area contributed by atoms with Crippen molar-refractivity contribution in [1.82, 2.24) is 24.2 Å². The molecule has 34 heavy (non-hydrogen) atoms. The zero-order valence-electron chi connectivity index (χ0n) is 19.4. The number of rotatable bonds is 6. The number of nitrogens with zero attached hydrogens (tertiary/aromatic N) is 6. The van der Waals surface area contributed by atoms with Crippen LogP contribution in [-0.2, 0) is 21.3 Å². The summed E-state index contributed by atoms with van der Waals surface area (Å²) < 4.78 is 30.7. The maximum Gasteiger partial charge on any atom is 0.211 e. The number of thiophene rings is 1. The molecule has 2 fully saturated rings. The lowest BCUT2D eigenvalue weighted by molar-refractivity contribution is 0.122. The molecular weight excluding hydrogens is 474 g/mol. The summed E-state index contributed by atoms with van der Waals surface area (Å²) in [4.78, 5) is 21.0. The summed E-state index contributed by atoms with van der Waals surface area (Å²) in [6, 6.07) is 6.10. The van der Waals surface area contributed by atoms with Crippen LogP contribution in [0.1, 0.15) is 4.88 Å². The van der Waals surface area contributed by atoms with Crippen LogP contribution >= 0.6 is 11.3 Å². The summed E-state index contributed by atoms with van der Waals surface area (Å²) in [6.45, 7) is 6.22. The number of pyridine rings is 1. The number of morpholine rings is 1. The second kappa shape index (κ2) is 9.70. The van der Waals surface area contributed by atoms with E-state index in [-0.39, 0.29) is 0 Å². The van der Waals surface area contributed by atoms with Gasteiger partial charge in [-0.2, -0.15) is 4.31 Å². The van der Waals surface area contributed by atoms with Crippen molar-refractivity contribution in [2.75, 3.05) is 76.0 Å². The van der Waals surface area contributed by atoms with Crippen molar-refractivity contribution in [1.29, 1.82) is 0 Å². The fraction of sp³-hybridized carbons (Fsp3) is 0.500. The van der Waals surface area contributed by atoms with Gasteiger partial charge < -0.3 is 15.0 Å². The predicted octanol–water partition coefficient (Wildman–Crippen LogP) is 1.71. The molecule has 182 valence electrons. The Hall–Kier alpha value is -2.38. The topological polar surface area (TPSA) is 104 Å². The zero-order valence-corrected chi connectivity index (χ0v) is 21.0. The minimum atomic E-state index is -3.13. The average molecular weight is 504 g/mol. The van der Waals surface area contributed by atoms with E-state index in [9.17, 15) is 8.42 Å². The van der Waals surface area contributed by atoms with Crippen LogP contribution in [0.5, 0.6) is 0 Å². The molecule has 2 aliphatic rings. The molecule has 3 aromatic heterocycles. The van der Waals surface area contributed by atoms with Gasteiger partial charge in [0.25, 0.3) is 0 Å². The summed E-state index contributed by atoms with van der Waals surface area (Å²) >= 11 is 1.68. The molecule has 2 saturated heterocycles. The van der Waals surface area contributed by atoms with Crippen molar-refractivity contribution in [3.63, 3.8) is 0 Å². The third kappa shape index (κ3) is 5.01. The van der Waals surface area contributed by atoms with E-state index >= 15 is 0 Å². The molecular formula is C22H29N7O3S2. The number of hydrogen-bond donors (Lipinski definition) is 1. The fourth-order valence-corrected chi connectivity index (χ4v) is 6.18. The Morgan fingerprint density at radius 1 is 1.09 bits per heavy atom. The minimum absolute atomic E-state index is 0.530. The van der Waals surface area contributed by atoms with E-state index in [1.165, 1.54) is 11.1 Å². The van der Waals surface area contributed by atoms with E-state index in [1.807, 2.05) is 19.2 Å². The van der Waals surface area contributed by atoms with E-state index in [0.717, 1.165) is 60.1 Å². The first-order valence-electron chi connectivity index (χ1n) is 11.4. The van der Waals surface area contributed by atoms with Gasteiger partial charge in [-0.1, -0.05) is 0 Å². The SMILES string of the molecule is CNc1ccc(-c2nc(N3CCOCC3)c3cc(CN4CCN(S(C)(=O)=O)CC4)sc3n2)cn1. The molecule has 0 aliphatic carbocycles. The highest BCUT2D eigenvalue weighted by molar-refractivity contribution is 7.88. The lowest BCUT2D eigenvalue weighted by Gasteiger charge is -2.32. The molecule has 0 amide bonds. The van der Waals surface area contributed by atoms with Crippen molar-refractivity contribution in [3.8, 4) is 11.4 Å². The summed E-state index contributed by atoms with van der Waals surface area (Å²) in [5.41, 5.74) is 0.877. The predicted molar refractivity (Wildman–Crippen MR) is 135 cm³/mol. The maximum atomic E-state index is 11.8. The van der Waals surface area contributed by atoms with E-state index < -0.39 is 10.0 Å². The van der Waals surface area contributed by atoms with Gasteiger partial charge in [0.15, 0.2) is 5.82 Å². The number of fused-ring (bicyclic) bond motifs is 1. The average Bonchev–Trinajstić information content (AvgIpc) is 3.26. The van der Waals surface area contributed by atoms with Crippen LogP contribution < -0.4 is 10.2 Å². The van der Waals surface area contributed by atoms with Crippen molar-refractivity contribution in [2.24, 2.45) is 0 Å². The van der Waals surface area contributed by atoms with E-state index in [1.54, 1.807) is 21.8 Å². The van der Waals surface area contributed by atoms with Crippen molar-refractivity contribution >= 4 is 43.2 Å². The smallest absolute Gasteiger partial charge is 0.211 e. The molecule has 5 heterocycles. The molecule has 5 rings (SSSR count). The third-order valence-electron chi connectivity index (χ3n) is 6.19. The van der Waals surface area contributed by atoms with Gasteiger partial charge in [-0.05, 0) is 18.2 Å². The zero-order chi connectivity index (χ0) is 23.7. The highest BCUT2D eigenvalue weighted by Crippen LogP contribution is 2.34. The molecule has 12 heteroatoms. The number of ether oxygens (including phenoxy) is 1. The third-order valence-corrected chi connectivity index (χ3v) is 8.51. The van der Waals surface area contributed by atoms with Gasteiger partial charge in [-0.25, -0.2) is 23.4 Å². The van der Waals surface area contributed by atoms with E-state index in [4.69, 9.17) is 14.7 Å². The quantitative estimate of drug-likeness (QED) is 0.538. The van der Waals surface area contributed by atoms with E-state index in [2.05, 4.69) is 26.2 Å². The van der Waals surface area contributed by atoms with Crippen molar-refractivity contribution in [3.05, 3.63) is 29.3 Å². The molecule has 0 unspecified atom stereocenters. The van der Waals surface area contributed by atoms with Gasteiger partial charge in [0.2, 0.25) is 10.0 Å². The van der Waals surface area contributed by atoms with Crippen LogP contribution in [0.3, 0.4) is 0 Å². The maximum absolute atomic E-state index is 11.8. The Morgan fingerprint density at radius 3 is 2.50 bits per heavy atom. The van der Waals surface area contributed by atoms with Gasteiger partial charge >= 0.3 is 0 Å². The lowest BCUT2D eigenvalue weighted by atomic mass is 10.2. The van der Waals surface area contributed by atoms with Crippen LogP contribution in [0.2, 0.25) is 0 Å². The standard InChI is InChI=1S/C22H29N7O3S2/c1-23-19-4-3-16(14-24-19)20-25-21(28-9-11-32-12-10-28)18-13-17(33-22(18)26-20)15-27-5-7-29(8-6-27)34(2,30)31/h3-4,13-14H,5-12,15H2,1-2H3,(H,23,24). The van der Waals surface area contributed by atoms with Crippen LogP contribution in [0.15, 0.2) is 24.4 Å². The lowest BCUT2D eigenvalue weighted by Crippen LogP contribution is -2.47. The molecule has 0 atom stereocenters. The molecule has 0 aromatic carbocycles. The highest BCUT2D eigenvalue weighted by Gasteiger charge is 2.25. The number of piperazine rings is 1. The Bertz CT molecular complexity index is 1250. The summed E-state index contributed by atoms with van der Waals surface area (Å²) in [5, 5.41) is 4.09. The Morgan fingerprint density at radius 2 is 1.85 bits per heavy atom. The first-order chi connectivity index (χ1) is 16.4. The largest absolute Gasteiger partial charge is 0.378 e. The highest BCUT2D eigenvalue weighted by atomic mass is 32.2. The molecule has 0 radical (unpaired) electrons. The van der Waals surface area contributed by atoms with Gasteiger partial charge in [0.1, 0.15) is 16.5 Å². The fourth-order valence-electron chi connectivity index (χ4n) is 4.29. The summed E-state index contributed by atoms with van der Waals surface area (Å²) in [7, 11) is -1.29. The summed E-state index contributed by atoms with van der Waals surface area (Å²) in [6.07, 6.45) is 3.08. The molecule has 1 N–H and O–H groups in total. The van der Waals surface area contributed by atoms with Gasteiger partial charge in [0.05, 0.1) is 24.9 Å². The monoisotopic (exact) mass is 503 g/mol. The van der Waals surface area contributed by atoms with Crippen LogP contribution in [-0.4, -0.2) is 98.4 Å². The normalized spacial score (nSPS) is 18.5. The van der Waals surface area contributed by atoms with E-state index in [0.29, 0.717) is 32.1 Å². The van der Waals surface area contributed by atoms with Crippen molar-refractivity contribution in [2.45, 2.75) is 6.54 Å². The molecule has 2 aliphatic heterocycles. The Kier molecular flexibility index (Phi) is 6.67. The molecule has 0 spiro atoms. The van der Waals surface area contributed by atoms with Gasteiger partial charge in [0, 0.05) is 69.5 Å². The van der Waals surface area contributed by atoms with Crippen LogP contribution in [0.25, 0.3) is 21.6 Å². The number of hydrogen-bond acceptors (Lipinski definition) is 10. The van der Waals surface area contributed by atoms with Crippen molar-refractivity contribution < 1.29 is 13.2 Å². The van der Waals surface area contributed by atoms with Crippen LogP contribution in [0.4, 0.5) is 11.6 Å². The first-order valence-corrected chi connectivity index (χ1v) is 14.0. The molecule has 10 nitrogen and oxygen atoms in total. The minimum Gasteiger partial charge on any atom is -0.378 e.